The van der Waals surface area contributed by atoms with Crippen molar-refractivity contribution >= 4 is 5.97 Å². The van der Waals surface area contributed by atoms with E-state index in [1.807, 2.05) is 0 Å². The number of rotatable bonds is 3. The van der Waals surface area contributed by atoms with Crippen LogP contribution >= 0.6 is 0 Å². The number of hydrogen-bond donors (Lipinski definition) is 3. The molecule has 2 aromatic carbocycles. The lowest BCUT2D eigenvalue weighted by atomic mass is 9.76. The molecule has 2 aromatic rings. The van der Waals surface area contributed by atoms with Gasteiger partial charge in [0, 0.05) is 11.6 Å². The summed E-state index contributed by atoms with van der Waals surface area (Å²) >= 11 is 0. The zero-order valence-electron chi connectivity index (χ0n) is 10.4. The summed E-state index contributed by atoms with van der Waals surface area (Å²) in [5.41, 5.74) is -0.577. The molecule has 0 saturated heterocycles. The Morgan fingerprint density at radius 2 is 1.68 bits per heavy atom. The Morgan fingerprint density at radius 3 is 2.21 bits per heavy atom. The summed E-state index contributed by atoms with van der Waals surface area (Å²) in [7, 11) is 0. The van der Waals surface area contributed by atoms with Gasteiger partial charge in [-0.2, -0.15) is 0 Å². The van der Waals surface area contributed by atoms with E-state index in [9.17, 15) is 20.1 Å². The normalized spacial score (nSPS) is 13.7. The molecule has 0 aromatic heterocycles. The van der Waals surface area contributed by atoms with E-state index in [0.717, 1.165) is 6.07 Å². The van der Waals surface area contributed by atoms with Gasteiger partial charge in [0.15, 0.2) is 0 Å². The monoisotopic (exact) mass is 258 g/mol. The zero-order valence-corrected chi connectivity index (χ0v) is 10.4. The molecule has 0 radical (unpaired) electrons. The summed E-state index contributed by atoms with van der Waals surface area (Å²) in [4.78, 5) is 11.7. The molecule has 4 heteroatoms. The molecule has 98 valence electrons. The lowest BCUT2D eigenvalue weighted by molar-refractivity contribution is -0.141. The van der Waals surface area contributed by atoms with Gasteiger partial charge in [-0.25, -0.2) is 0 Å². The summed E-state index contributed by atoms with van der Waals surface area (Å²) in [5, 5.41) is 28.8. The van der Waals surface area contributed by atoms with Crippen LogP contribution in [0.15, 0.2) is 48.5 Å². The highest BCUT2D eigenvalue weighted by molar-refractivity contribution is 5.86. The Morgan fingerprint density at radius 1 is 1.05 bits per heavy atom. The SMILES string of the molecule is CC(C(=O)O)(c1ccccc1)c1ccc(O)cc1O. The molecule has 1 unspecified atom stereocenters. The average molecular weight is 258 g/mol. The van der Waals surface area contributed by atoms with Crippen LogP contribution in [0.25, 0.3) is 0 Å². The number of phenols is 2. The van der Waals surface area contributed by atoms with E-state index in [0.29, 0.717) is 5.56 Å². The maximum atomic E-state index is 11.7. The molecule has 0 saturated carbocycles. The fourth-order valence-corrected chi connectivity index (χ4v) is 2.11. The average Bonchev–Trinajstić information content (AvgIpc) is 2.38. The Labute approximate surface area is 110 Å². The molecule has 1 atom stereocenters. The smallest absolute Gasteiger partial charge is 0.318 e. The minimum atomic E-state index is -1.38. The van der Waals surface area contributed by atoms with E-state index in [1.54, 1.807) is 30.3 Å². The van der Waals surface area contributed by atoms with Gasteiger partial charge in [-0.3, -0.25) is 4.79 Å². The van der Waals surface area contributed by atoms with Crippen LogP contribution in [-0.4, -0.2) is 21.3 Å². The highest BCUT2D eigenvalue weighted by atomic mass is 16.4. The van der Waals surface area contributed by atoms with Gasteiger partial charge >= 0.3 is 5.97 Å². The number of carboxylic acid groups (broad SMARTS) is 1. The summed E-state index contributed by atoms with van der Waals surface area (Å²) in [5.74, 6) is -1.42. The molecule has 19 heavy (non-hydrogen) atoms. The minimum Gasteiger partial charge on any atom is -0.508 e. The highest BCUT2D eigenvalue weighted by Crippen LogP contribution is 2.38. The van der Waals surface area contributed by atoms with E-state index < -0.39 is 11.4 Å². The van der Waals surface area contributed by atoms with Crippen LogP contribution in [0, 0.1) is 0 Å². The Hall–Kier alpha value is -2.49. The predicted octanol–water partition coefficient (Wildman–Crippen LogP) is 2.49. The maximum Gasteiger partial charge on any atom is 0.318 e. The number of hydrogen-bond acceptors (Lipinski definition) is 3. The van der Waals surface area contributed by atoms with Crippen molar-refractivity contribution < 1.29 is 20.1 Å². The first-order valence-electron chi connectivity index (χ1n) is 5.77. The molecule has 0 heterocycles. The van der Waals surface area contributed by atoms with Gasteiger partial charge < -0.3 is 15.3 Å². The summed E-state index contributed by atoms with van der Waals surface area (Å²) < 4.78 is 0. The number of aliphatic carboxylic acids is 1. The van der Waals surface area contributed by atoms with Gasteiger partial charge in [0.25, 0.3) is 0 Å². The van der Waals surface area contributed by atoms with Gasteiger partial charge in [-0.05, 0) is 18.6 Å². The van der Waals surface area contributed by atoms with Crippen LogP contribution in [-0.2, 0) is 10.2 Å². The van der Waals surface area contributed by atoms with E-state index in [2.05, 4.69) is 0 Å². The Balaban J connectivity index is 2.67. The van der Waals surface area contributed by atoms with E-state index in [-0.39, 0.29) is 17.1 Å². The van der Waals surface area contributed by atoms with Crippen molar-refractivity contribution in [2.75, 3.05) is 0 Å². The molecule has 2 rings (SSSR count). The van der Waals surface area contributed by atoms with Crippen LogP contribution in [0.5, 0.6) is 11.5 Å². The fourth-order valence-electron chi connectivity index (χ4n) is 2.11. The zero-order chi connectivity index (χ0) is 14.0. The second kappa shape index (κ2) is 4.65. The first kappa shape index (κ1) is 13.0. The van der Waals surface area contributed by atoms with Crippen molar-refractivity contribution in [3.8, 4) is 11.5 Å². The second-order valence-corrected chi connectivity index (χ2v) is 4.50. The van der Waals surface area contributed by atoms with E-state index >= 15 is 0 Å². The highest BCUT2D eigenvalue weighted by Gasteiger charge is 2.39. The Kier molecular flexibility index (Phi) is 3.17. The van der Waals surface area contributed by atoms with Crippen LogP contribution in [0.4, 0.5) is 0 Å². The Bertz CT molecular complexity index is 607. The molecule has 4 nitrogen and oxygen atoms in total. The number of carboxylic acids is 1. The summed E-state index contributed by atoms with van der Waals surface area (Å²) in [6.07, 6.45) is 0. The van der Waals surface area contributed by atoms with Crippen molar-refractivity contribution in [2.24, 2.45) is 0 Å². The number of phenolic OH excluding ortho intramolecular Hbond substituents is 2. The first-order chi connectivity index (χ1) is 8.96. The summed E-state index contributed by atoms with van der Waals surface area (Å²) in [6, 6.07) is 12.6. The second-order valence-electron chi connectivity index (χ2n) is 4.50. The molecule has 3 N–H and O–H groups in total. The molecule has 0 aliphatic carbocycles. The third kappa shape index (κ3) is 2.12. The quantitative estimate of drug-likeness (QED) is 0.790. The number of benzene rings is 2. The fraction of sp³-hybridized carbons (Fsp3) is 0.133. The van der Waals surface area contributed by atoms with Crippen molar-refractivity contribution in [3.63, 3.8) is 0 Å². The van der Waals surface area contributed by atoms with Crippen LogP contribution in [0.3, 0.4) is 0 Å². The third-order valence-corrected chi connectivity index (χ3v) is 3.30. The van der Waals surface area contributed by atoms with Crippen LogP contribution in [0.1, 0.15) is 18.1 Å². The number of carbonyl (C=O) groups is 1. The van der Waals surface area contributed by atoms with E-state index in [4.69, 9.17) is 0 Å². The molecular formula is C15H14O4. The van der Waals surface area contributed by atoms with Crippen LogP contribution in [0.2, 0.25) is 0 Å². The summed E-state index contributed by atoms with van der Waals surface area (Å²) in [6.45, 7) is 1.52. The lowest BCUT2D eigenvalue weighted by Crippen LogP contribution is -2.33. The molecular weight excluding hydrogens is 244 g/mol. The van der Waals surface area contributed by atoms with Gasteiger partial charge in [0.1, 0.15) is 16.9 Å². The topological polar surface area (TPSA) is 77.8 Å². The first-order valence-corrected chi connectivity index (χ1v) is 5.77. The molecule has 0 spiro atoms. The van der Waals surface area contributed by atoms with Gasteiger partial charge in [0.05, 0.1) is 0 Å². The standard InChI is InChI=1S/C15H14O4/c1-15(14(18)19,10-5-3-2-4-6-10)12-8-7-11(16)9-13(12)17/h2-9,16-17H,1H3,(H,18,19). The van der Waals surface area contributed by atoms with Crippen molar-refractivity contribution in [1.82, 2.24) is 0 Å². The number of aromatic hydroxyl groups is 2. The minimum absolute atomic E-state index is 0.109. The molecule has 0 bridgehead atoms. The molecule has 0 aliphatic rings. The van der Waals surface area contributed by atoms with Crippen molar-refractivity contribution in [3.05, 3.63) is 59.7 Å². The van der Waals surface area contributed by atoms with Crippen LogP contribution < -0.4 is 0 Å². The predicted molar refractivity (Wildman–Crippen MR) is 70.3 cm³/mol. The molecule has 0 aliphatic heterocycles. The molecule has 0 fully saturated rings. The van der Waals surface area contributed by atoms with Crippen molar-refractivity contribution in [2.45, 2.75) is 12.3 Å². The van der Waals surface area contributed by atoms with Crippen molar-refractivity contribution in [1.29, 1.82) is 0 Å². The van der Waals surface area contributed by atoms with Gasteiger partial charge in [0.2, 0.25) is 0 Å². The van der Waals surface area contributed by atoms with Gasteiger partial charge in [-0.1, -0.05) is 36.4 Å². The van der Waals surface area contributed by atoms with E-state index in [1.165, 1.54) is 19.1 Å². The molecule has 0 amide bonds. The largest absolute Gasteiger partial charge is 0.508 e. The maximum absolute atomic E-state index is 11.7. The van der Waals surface area contributed by atoms with Gasteiger partial charge in [-0.15, -0.1) is 0 Å². The lowest BCUT2D eigenvalue weighted by Gasteiger charge is -2.26. The third-order valence-electron chi connectivity index (χ3n) is 3.30.